The van der Waals surface area contributed by atoms with Crippen molar-refractivity contribution in [1.82, 2.24) is 4.98 Å². The van der Waals surface area contributed by atoms with E-state index >= 15 is 4.39 Å². The van der Waals surface area contributed by atoms with Crippen molar-refractivity contribution in [3.63, 3.8) is 0 Å². The van der Waals surface area contributed by atoms with Gasteiger partial charge < -0.3 is 9.64 Å². The SMILES string of the molecule is O=C(c1ccc(N(C(=O)c2cccnc2N2CC3(CCOCC3)C2)c2ccccc2F)cc1)C1CCc2ccsc2C1. The molecule has 214 valence electrons. The Morgan fingerprint density at radius 1 is 1.00 bits per heavy atom. The number of hydrogen-bond donors (Lipinski definition) is 0. The summed E-state index contributed by atoms with van der Waals surface area (Å²) >= 11 is 1.72. The Hall–Kier alpha value is -3.88. The molecule has 3 aliphatic rings. The smallest absolute Gasteiger partial charge is 0.266 e. The first-order valence-corrected chi connectivity index (χ1v) is 15.5. The molecule has 0 saturated carbocycles. The lowest BCUT2D eigenvalue weighted by Gasteiger charge is -2.53. The molecule has 42 heavy (non-hydrogen) atoms. The number of aromatic nitrogens is 1. The normalized spacial score (nSPS) is 19.2. The van der Waals surface area contributed by atoms with Crippen LogP contribution in [0.2, 0.25) is 0 Å². The fraction of sp³-hybridized carbons (Fsp3) is 0.324. The van der Waals surface area contributed by atoms with E-state index in [9.17, 15) is 9.59 Å². The standard InChI is InChI=1S/C34H32FN3O3S/c35-28-5-1-2-6-29(28)38(26-11-9-24(10-12-26)31(39)25-8-7-23-13-19-42-30(23)20-25)33(40)27-4-3-16-36-32(27)37-21-34(22-37)14-17-41-18-15-34/h1-6,9-13,16,19,25H,7-8,14-15,17-18,20-22H2. The van der Waals surface area contributed by atoms with Crippen LogP contribution in [0.1, 0.15) is 50.4 Å². The van der Waals surface area contributed by atoms with Crippen LogP contribution >= 0.6 is 11.3 Å². The average molecular weight is 582 g/mol. The van der Waals surface area contributed by atoms with Crippen LogP contribution in [0.5, 0.6) is 0 Å². The second-order valence-corrected chi connectivity index (χ2v) is 12.7. The van der Waals surface area contributed by atoms with Crippen molar-refractivity contribution in [3.05, 3.63) is 106 Å². The van der Waals surface area contributed by atoms with Gasteiger partial charge in [0.15, 0.2) is 5.78 Å². The Bertz CT molecular complexity index is 1620. The molecule has 4 aromatic rings. The second-order valence-electron chi connectivity index (χ2n) is 11.7. The third-order valence-electron chi connectivity index (χ3n) is 9.03. The molecule has 4 heterocycles. The lowest BCUT2D eigenvalue weighted by atomic mass is 9.73. The molecule has 1 unspecified atom stereocenters. The predicted octanol–water partition coefficient (Wildman–Crippen LogP) is 6.87. The number of carbonyl (C=O) groups is 2. The van der Waals surface area contributed by atoms with Gasteiger partial charge in [0.1, 0.15) is 11.6 Å². The number of pyridine rings is 1. The molecule has 1 spiro atoms. The number of fused-ring (bicyclic) bond motifs is 1. The summed E-state index contributed by atoms with van der Waals surface area (Å²) in [5.74, 6) is -0.209. The largest absolute Gasteiger partial charge is 0.381 e. The van der Waals surface area contributed by atoms with Crippen molar-refractivity contribution < 1.29 is 18.7 Å². The van der Waals surface area contributed by atoms with E-state index in [-0.39, 0.29) is 28.7 Å². The summed E-state index contributed by atoms with van der Waals surface area (Å²) in [4.78, 5) is 37.2. The maximum atomic E-state index is 15.2. The van der Waals surface area contributed by atoms with Crippen molar-refractivity contribution >= 4 is 40.2 Å². The summed E-state index contributed by atoms with van der Waals surface area (Å²) in [5, 5.41) is 2.10. The summed E-state index contributed by atoms with van der Waals surface area (Å²) in [6.07, 6.45) is 6.21. The highest BCUT2D eigenvalue weighted by Crippen LogP contribution is 2.43. The molecule has 6 nitrogen and oxygen atoms in total. The number of carbonyl (C=O) groups excluding carboxylic acids is 2. The average Bonchev–Trinajstić information content (AvgIpc) is 3.49. The number of Topliss-reactive ketones (excluding diaryl/α,β-unsaturated/α-hetero) is 1. The molecule has 7 rings (SSSR count). The van der Waals surface area contributed by atoms with Crippen LogP contribution in [0.3, 0.4) is 0 Å². The number of thiophene rings is 1. The zero-order valence-corrected chi connectivity index (χ0v) is 24.1. The predicted molar refractivity (Wildman–Crippen MR) is 162 cm³/mol. The summed E-state index contributed by atoms with van der Waals surface area (Å²) in [6, 6.07) is 18.9. The molecule has 8 heteroatoms. The Labute approximate surface area is 248 Å². The minimum absolute atomic E-state index is 0.0557. The fourth-order valence-electron chi connectivity index (χ4n) is 6.63. The van der Waals surface area contributed by atoms with Gasteiger partial charge in [-0.3, -0.25) is 14.5 Å². The van der Waals surface area contributed by atoms with Gasteiger partial charge in [0, 0.05) is 60.0 Å². The topological polar surface area (TPSA) is 62.7 Å². The van der Waals surface area contributed by atoms with Gasteiger partial charge in [-0.05, 0) is 97.6 Å². The third kappa shape index (κ3) is 4.92. The highest BCUT2D eigenvalue weighted by Gasteiger charge is 2.45. The molecular formula is C34H32FN3O3S. The first-order chi connectivity index (χ1) is 20.5. The van der Waals surface area contributed by atoms with Gasteiger partial charge >= 0.3 is 0 Å². The van der Waals surface area contributed by atoms with Gasteiger partial charge in [-0.25, -0.2) is 9.37 Å². The first-order valence-electron chi connectivity index (χ1n) is 14.6. The molecule has 2 aromatic carbocycles. The zero-order valence-electron chi connectivity index (χ0n) is 23.3. The number of para-hydroxylation sites is 1. The van der Waals surface area contributed by atoms with Crippen LogP contribution in [-0.2, 0) is 17.6 Å². The van der Waals surface area contributed by atoms with Crippen molar-refractivity contribution in [1.29, 1.82) is 0 Å². The summed E-state index contributed by atoms with van der Waals surface area (Å²) < 4.78 is 20.8. The van der Waals surface area contributed by atoms with Gasteiger partial charge in [-0.15, -0.1) is 11.3 Å². The number of hydrogen-bond acceptors (Lipinski definition) is 6. The number of anilines is 3. The quantitative estimate of drug-likeness (QED) is 0.233. The molecule has 1 aliphatic carbocycles. The maximum Gasteiger partial charge on any atom is 0.266 e. The van der Waals surface area contributed by atoms with Crippen LogP contribution < -0.4 is 9.80 Å². The van der Waals surface area contributed by atoms with E-state index in [1.165, 1.54) is 21.4 Å². The Balaban J connectivity index is 1.18. The van der Waals surface area contributed by atoms with Crippen LogP contribution in [0.4, 0.5) is 21.6 Å². The Morgan fingerprint density at radius 2 is 1.79 bits per heavy atom. The molecule has 0 bridgehead atoms. The maximum absolute atomic E-state index is 15.2. The fourth-order valence-corrected chi connectivity index (χ4v) is 7.64. The zero-order chi connectivity index (χ0) is 28.7. The van der Waals surface area contributed by atoms with E-state index < -0.39 is 5.82 Å². The Morgan fingerprint density at radius 3 is 2.57 bits per heavy atom. The summed E-state index contributed by atoms with van der Waals surface area (Å²) in [7, 11) is 0. The van der Waals surface area contributed by atoms with Crippen molar-refractivity contribution in [2.24, 2.45) is 11.3 Å². The number of ketones is 1. The number of nitrogens with zero attached hydrogens (tertiary/aromatic N) is 3. The lowest BCUT2D eigenvalue weighted by Crippen LogP contribution is -2.59. The van der Waals surface area contributed by atoms with Crippen molar-refractivity contribution in [2.75, 3.05) is 36.1 Å². The Kier molecular flexibility index (Phi) is 7.12. The van der Waals surface area contributed by atoms with E-state index in [2.05, 4.69) is 21.3 Å². The van der Waals surface area contributed by atoms with Gasteiger partial charge in [0.25, 0.3) is 5.91 Å². The van der Waals surface area contributed by atoms with E-state index in [0.717, 1.165) is 58.4 Å². The number of halogens is 1. The summed E-state index contributed by atoms with van der Waals surface area (Å²) in [6.45, 7) is 3.16. The number of ether oxygens (including phenoxy) is 1. The van der Waals surface area contributed by atoms with Gasteiger partial charge in [-0.1, -0.05) is 12.1 Å². The molecule has 0 radical (unpaired) electrons. The molecule has 2 aliphatic heterocycles. The van der Waals surface area contributed by atoms with E-state index in [0.29, 0.717) is 22.6 Å². The minimum Gasteiger partial charge on any atom is -0.381 e. The van der Waals surface area contributed by atoms with E-state index in [1.807, 2.05) is 0 Å². The lowest BCUT2D eigenvalue weighted by molar-refractivity contribution is -0.000511. The highest BCUT2D eigenvalue weighted by molar-refractivity contribution is 7.10. The van der Waals surface area contributed by atoms with Crippen LogP contribution in [0.25, 0.3) is 0 Å². The van der Waals surface area contributed by atoms with Gasteiger partial charge in [0.2, 0.25) is 0 Å². The number of benzene rings is 2. The molecule has 0 N–H and O–H groups in total. The van der Waals surface area contributed by atoms with Crippen LogP contribution in [0.15, 0.2) is 78.3 Å². The van der Waals surface area contributed by atoms with Crippen molar-refractivity contribution in [2.45, 2.75) is 32.1 Å². The van der Waals surface area contributed by atoms with E-state index in [4.69, 9.17) is 4.74 Å². The monoisotopic (exact) mass is 581 g/mol. The highest BCUT2D eigenvalue weighted by atomic mass is 32.1. The third-order valence-corrected chi connectivity index (χ3v) is 10.0. The van der Waals surface area contributed by atoms with Gasteiger partial charge in [0.05, 0.1) is 11.3 Å². The molecule has 2 aromatic heterocycles. The molecular weight excluding hydrogens is 549 g/mol. The van der Waals surface area contributed by atoms with Gasteiger partial charge in [-0.2, -0.15) is 0 Å². The first kappa shape index (κ1) is 27.0. The minimum atomic E-state index is -0.504. The molecule has 1 atom stereocenters. The van der Waals surface area contributed by atoms with Crippen LogP contribution in [-0.4, -0.2) is 43.0 Å². The summed E-state index contributed by atoms with van der Waals surface area (Å²) in [5.41, 5.74) is 3.22. The number of amides is 1. The molecule has 2 saturated heterocycles. The number of aryl methyl sites for hydroxylation is 1. The second kappa shape index (κ2) is 11.1. The van der Waals surface area contributed by atoms with E-state index in [1.54, 1.807) is 72.1 Å². The molecule has 2 fully saturated rings. The van der Waals surface area contributed by atoms with Crippen LogP contribution in [0, 0.1) is 17.2 Å². The molecule has 1 amide bonds. The number of rotatable bonds is 6. The van der Waals surface area contributed by atoms with Crippen molar-refractivity contribution in [3.8, 4) is 0 Å².